The first-order chi connectivity index (χ1) is 9.54. The van der Waals surface area contributed by atoms with Crippen LogP contribution in [0, 0.1) is 0 Å². The number of aromatic carboxylic acids is 1. The number of carbonyl (C=O) groups is 2. The van der Waals surface area contributed by atoms with Gasteiger partial charge in [0.25, 0.3) is 5.91 Å². The fraction of sp³-hybridized carbons (Fsp3) is 0.500. The number of carbonyl (C=O) groups excluding carboxylic acids is 1. The van der Waals surface area contributed by atoms with E-state index in [1.165, 1.54) is 18.3 Å². The van der Waals surface area contributed by atoms with Crippen LogP contribution in [0.1, 0.15) is 47.5 Å². The van der Waals surface area contributed by atoms with Gasteiger partial charge in [-0.2, -0.15) is 0 Å². The van der Waals surface area contributed by atoms with Crippen molar-refractivity contribution >= 4 is 11.9 Å². The van der Waals surface area contributed by atoms with Crippen LogP contribution in [0.15, 0.2) is 18.3 Å². The maximum Gasteiger partial charge on any atom is 0.337 e. The quantitative estimate of drug-likeness (QED) is 0.788. The molecule has 0 atom stereocenters. The number of rotatable bonds is 7. The maximum atomic E-state index is 12.4. The lowest BCUT2D eigenvalue weighted by Crippen LogP contribution is -2.41. The first kappa shape index (κ1) is 16.1. The second-order valence-corrected chi connectivity index (χ2v) is 4.43. The van der Waals surface area contributed by atoms with Crippen molar-refractivity contribution in [2.24, 2.45) is 0 Å². The number of aromatic nitrogens is 1. The van der Waals surface area contributed by atoms with Crippen molar-refractivity contribution in [1.29, 1.82) is 0 Å². The van der Waals surface area contributed by atoms with E-state index >= 15 is 0 Å². The molecule has 0 saturated carbocycles. The number of nitrogens with zero attached hydrogens (tertiary/aromatic N) is 2. The SMILES string of the molecule is CCC(CC)N(CCO)C(=O)c1ccc(C(=O)O)cn1. The third-order valence-electron chi connectivity index (χ3n) is 3.21. The van der Waals surface area contributed by atoms with Gasteiger partial charge in [-0.25, -0.2) is 4.79 Å². The van der Waals surface area contributed by atoms with Crippen LogP contribution in [0.2, 0.25) is 0 Å². The molecule has 20 heavy (non-hydrogen) atoms. The minimum atomic E-state index is -1.08. The van der Waals surface area contributed by atoms with Gasteiger partial charge < -0.3 is 15.1 Å². The van der Waals surface area contributed by atoms with Gasteiger partial charge in [0.05, 0.1) is 12.2 Å². The van der Waals surface area contributed by atoms with E-state index in [1.54, 1.807) is 4.90 Å². The standard InChI is InChI=1S/C14H20N2O4/c1-3-11(4-2)16(7-8-17)13(18)12-6-5-10(9-15-12)14(19)20/h5-6,9,11,17H,3-4,7-8H2,1-2H3,(H,19,20). The summed E-state index contributed by atoms with van der Waals surface area (Å²) in [6, 6.07) is 2.79. The fourth-order valence-electron chi connectivity index (χ4n) is 2.08. The van der Waals surface area contributed by atoms with E-state index in [9.17, 15) is 9.59 Å². The summed E-state index contributed by atoms with van der Waals surface area (Å²) in [5.74, 6) is -1.37. The van der Waals surface area contributed by atoms with Crippen LogP contribution in [0.3, 0.4) is 0 Å². The van der Waals surface area contributed by atoms with E-state index in [0.717, 1.165) is 12.8 Å². The largest absolute Gasteiger partial charge is 0.478 e. The lowest BCUT2D eigenvalue weighted by molar-refractivity contribution is 0.0614. The normalized spacial score (nSPS) is 10.6. The molecule has 0 aliphatic carbocycles. The zero-order valence-corrected chi connectivity index (χ0v) is 11.7. The average Bonchev–Trinajstić information content (AvgIpc) is 2.47. The summed E-state index contributed by atoms with van der Waals surface area (Å²) in [5, 5.41) is 17.9. The van der Waals surface area contributed by atoms with Crippen LogP contribution in [0.5, 0.6) is 0 Å². The van der Waals surface area contributed by atoms with Gasteiger partial charge in [-0.05, 0) is 25.0 Å². The molecule has 0 saturated heterocycles. The molecule has 0 aliphatic heterocycles. The van der Waals surface area contributed by atoms with Crippen LogP contribution in [-0.2, 0) is 0 Å². The van der Waals surface area contributed by atoms with Crippen molar-refractivity contribution < 1.29 is 19.8 Å². The minimum absolute atomic E-state index is 0.0376. The Morgan fingerprint density at radius 3 is 2.35 bits per heavy atom. The molecule has 6 nitrogen and oxygen atoms in total. The molecule has 0 radical (unpaired) electrons. The average molecular weight is 280 g/mol. The molecule has 1 rings (SSSR count). The summed E-state index contributed by atoms with van der Waals surface area (Å²) < 4.78 is 0. The Labute approximate surface area is 118 Å². The molecule has 0 aromatic carbocycles. The second kappa shape index (κ2) is 7.59. The summed E-state index contributed by atoms with van der Waals surface area (Å²) in [5.41, 5.74) is 0.230. The Morgan fingerprint density at radius 2 is 1.95 bits per heavy atom. The highest BCUT2D eigenvalue weighted by Gasteiger charge is 2.23. The van der Waals surface area contributed by atoms with E-state index < -0.39 is 5.97 Å². The van der Waals surface area contributed by atoms with Gasteiger partial charge in [-0.1, -0.05) is 13.8 Å². The Bertz CT molecular complexity index is 455. The van der Waals surface area contributed by atoms with Gasteiger partial charge >= 0.3 is 5.97 Å². The van der Waals surface area contributed by atoms with E-state index in [-0.39, 0.29) is 36.4 Å². The molecule has 0 fully saturated rings. The van der Waals surface area contributed by atoms with Crippen molar-refractivity contribution in [1.82, 2.24) is 9.88 Å². The molecule has 2 N–H and O–H groups in total. The fourth-order valence-corrected chi connectivity index (χ4v) is 2.08. The van der Waals surface area contributed by atoms with Crippen molar-refractivity contribution in [2.75, 3.05) is 13.2 Å². The third-order valence-corrected chi connectivity index (χ3v) is 3.21. The summed E-state index contributed by atoms with van der Waals surface area (Å²) >= 11 is 0. The third kappa shape index (κ3) is 3.77. The maximum absolute atomic E-state index is 12.4. The Balaban J connectivity index is 2.96. The highest BCUT2D eigenvalue weighted by atomic mass is 16.4. The Morgan fingerprint density at radius 1 is 1.30 bits per heavy atom. The van der Waals surface area contributed by atoms with Crippen molar-refractivity contribution in [3.8, 4) is 0 Å². The topological polar surface area (TPSA) is 90.7 Å². The molecule has 1 aromatic heterocycles. The predicted octanol–water partition coefficient (Wildman–Crippen LogP) is 1.40. The second-order valence-electron chi connectivity index (χ2n) is 4.43. The first-order valence-corrected chi connectivity index (χ1v) is 6.66. The number of hydrogen-bond acceptors (Lipinski definition) is 4. The van der Waals surface area contributed by atoms with E-state index in [2.05, 4.69) is 4.98 Å². The predicted molar refractivity (Wildman–Crippen MR) is 73.7 cm³/mol. The van der Waals surface area contributed by atoms with Crippen molar-refractivity contribution in [3.63, 3.8) is 0 Å². The van der Waals surface area contributed by atoms with Gasteiger partial charge in [0.1, 0.15) is 5.69 Å². The van der Waals surface area contributed by atoms with Crippen LogP contribution in [0.25, 0.3) is 0 Å². The lowest BCUT2D eigenvalue weighted by Gasteiger charge is -2.29. The van der Waals surface area contributed by atoms with E-state index in [0.29, 0.717) is 0 Å². The molecular formula is C14H20N2O4. The summed E-state index contributed by atoms with van der Waals surface area (Å²) in [6.07, 6.45) is 2.74. The highest BCUT2D eigenvalue weighted by Crippen LogP contribution is 2.12. The number of aliphatic hydroxyl groups excluding tert-OH is 1. The molecular weight excluding hydrogens is 260 g/mol. The van der Waals surface area contributed by atoms with Gasteiger partial charge in [0, 0.05) is 18.8 Å². The lowest BCUT2D eigenvalue weighted by atomic mass is 10.1. The number of hydrogen-bond donors (Lipinski definition) is 2. The van der Waals surface area contributed by atoms with Crippen molar-refractivity contribution in [2.45, 2.75) is 32.7 Å². The number of aliphatic hydroxyl groups is 1. The molecule has 0 aliphatic rings. The van der Waals surface area contributed by atoms with E-state index in [4.69, 9.17) is 10.2 Å². The Kier molecular flexibility index (Phi) is 6.11. The zero-order chi connectivity index (χ0) is 15.1. The molecule has 6 heteroatoms. The van der Waals surface area contributed by atoms with Gasteiger partial charge in [-0.15, -0.1) is 0 Å². The number of pyridine rings is 1. The summed E-state index contributed by atoms with van der Waals surface area (Å²) in [4.78, 5) is 28.6. The molecule has 110 valence electrons. The van der Waals surface area contributed by atoms with Crippen LogP contribution in [0.4, 0.5) is 0 Å². The van der Waals surface area contributed by atoms with Crippen LogP contribution >= 0.6 is 0 Å². The van der Waals surface area contributed by atoms with Crippen LogP contribution in [-0.4, -0.2) is 51.2 Å². The molecule has 0 spiro atoms. The highest BCUT2D eigenvalue weighted by molar-refractivity contribution is 5.94. The van der Waals surface area contributed by atoms with E-state index in [1.807, 2.05) is 13.8 Å². The van der Waals surface area contributed by atoms with Crippen molar-refractivity contribution in [3.05, 3.63) is 29.6 Å². The van der Waals surface area contributed by atoms with Crippen LogP contribution < -0.4 is 0 Å². The molecule has 1 heterocycles. The number of carboxylic acids is 1. The van der Waals surface area contributed by atoms with Gasteiger partial charge in [0.15, 0.2) is 0 Å². The Hall–Kier alpha value is -1.95. The summed E-state index contributed by atoms with van der Waals surface area (Å²) in [7, 11) is 0. The monoisotopic (exact) mass is 280 g/mol. The van der Waals surface area contributed by atoms with Gasteiger partial charge in [-0.3, -0.25) is 9.78 Å². The molecule has 1 amide bonds. The minimum Gasteiger partial charge on any atom is -0.478 e. The van der Waals surface area contributed by atoms with Gasteiger partial charge in [0.2, 0.25) is 0 Å². The molecule has 1 aromatic rings. The zero-order valence-electron chi connectivity index (χ0n) is 11.7. The number of carboxylic acid groups (broad SMARTS) is 1. The number of amides is 1. The smallest absolute Gasteiger partial charge is 0.337 e. The molecule has 0 unspecified atom stereocenters. The summed E-state index contributed by atoms with van der Waals surface area (Å²) in [6.45, 7) is 4.09. The molecule has 0 bridgehead atoms. The first-order valence-electron chi connectivity index (χ1n) is 6.66.